The second kappa shape index (κ2) is 4.52. The number of aliphatic hydroxyl groups is 1. The van der Waals surface area contributed by atoms with Crippen LogP contribution in [-0.4, -0.2) is 17.2 Å². The van der Waals surface area contributed by atoms with Crippen LogP contribution in [0.1, 0.15) is 17.7 Å². The Morgan fingerprint density at radius 1 is 1.64 bits per heavy atom. The minimum Gasteiger partial charge on any atom is -0.496 e. The molecule has 3 nitrogen and oxygen atoms in total. The zero-order valence-electron chi connectivity index (χ0n) is 7.30. The van der Waals surface area contributed by atoms with Crippen molar-refractivity contribution in [1.82, 2.24) is 4.98 Å². The number of hydrogen-bond acceptors (Lipinski definition) is 3. The number of ether oxygens (including phenoxy) is 1. The van der Waals surface area contributed by atoms with Crippen LogP contribution in [0, 0.1) is 0 Å². The molecule has 14 heavy (non-hydrogen) atoms. The average Bonchev–Trinajstić information content (AvgIpc) is 2.15. The Bertz CT molecular complexity index is 333. The summed E-state index contributed by atoms with van der Waals surface area (Å²) in [6.45, 7) is -0.375. The van der Waals surface area contributed by atoms with Crippen LogP contribution in [0.5, 0.6) is 5.75 Å². The van der Waals surface area contributed by atoms with Crippen LogP contribution >= 0.6 is 11.6 Å². The largest absolute Gasteiger partial charge is 0.496 e. The molecule has 0 aromatic carbocycles. The van der Waals surface area contributed by atoms with Gasteiger partial charge in [-0.2, -0.15) is 0 Å². The number of alkyl halides is 2. The highest BCUT2D eigenvalue weighted by Crippen LogP contribution is 2.34. The summed E-state index contributed by atoms with van der Waals surface area (Å²) in [5.74, 6) is -0.0657. The molecule has 1 N–H and O–H groups in total. The molecular formula is C8H8ClF2NO2. The lowest BCUT2D eigenvalue weighted by Gasteiger charge is -2.10. The molecule has 0 radical (unpaired) electrons. The smallest absolute Gasteiger partial charge is 0.270 e. The predicted molar refractivity (Wildman–Crippen MR) is 46.7 cm³/mol. The van der Waals surface area contributed by atoms with Gasteiger partial charge in [-0.25, -0.2) is 13.8 Å². The van der Waals surface area contributed by atoms with Crippen LogP contribution < -0.4 is 4.74 Å². The van der Waals surface area contributed by atoms with Gasteiger partial charge in [0.25, 0.3) is 6.43 Å². The molecule has 1 aromatic heterocycles. The van der Waals surface area contributed by atoms with Gasteiger partial charge in [0.1, 0.15) is 10.9 Å². The van der Waals surface area contributed by atoms with Crippen molar-refractivity contribution < 1.29 is 18.6 Å². The molecular weight excluding hydrogens is 216 g/mol. The number of methoxy groups -OCH3 is 1. The Kier molecular flexibility index (Phi) is 3.60. The lowest BCUT2D eigenvalue weighted by atomic mass is 10.2. The quantitative estimate of drug-likeness (QED) is 0.799. The average molecular weight is 224 g/mol. The molecule has 0 amide bonds. The zero-order valence-corrected chi connectivity index (χ0v) is 8.05. The summed E-state index contributed by atoms with van der Waals surface area (Å²) in [4.78, 5) is 3.58. The van der Waals surface area contributed by atoms with Gasteiger partial charge < -0.3 is 9.84 Å². The van der Waals surface area contributed by atoms with Crippen LogP contribution in [0.15, 0.2) is 6.07 Å². The van der Waals surface area contributed by atoms with Crippen molar-refractivity contribution in [3.63, 3.8) is 0 Å². The van der Waals surface area contributed by atoms with E-state index < -0.39 is 12.0 Å². The normalized spacial score (nSPS) is 10.7. The molecule has 0 aliphatic heterocycles. The van der Waals surface area contributed by atoms with E-state index in [1.807, 2.05) is 0 Å². The van der Waals surface area contributed by atoms with Gasteiger partial charge >= 0.3 is 0 Å². The molecule has 0 spiro atoms. The third-order valence-corrected chi connectivity index (χ3v) is 1.92. The van der Waals surface area contributed by atoms with Gasteiger partial charge in [-0.1, -0.05) is 11.6 Å². The summed E-state index contributed by atoms with van der Waals surface area (Å²) in [6, 6.07) is 1.23. The Hall–Kier alpha value is -0.940. The fourth-order valence-corrected chi connectivity index (χ4v) is 1.28. The molecule has 0 atom stereocenters. The van der Waals surface area contributed by atoms with Gasteiger partial charge in [-0.05, 0) is 0 Å². The minimum atomic E-state index is -2.75. The van der Waals surface area contributed by atoms with E-state index >= 15 is 0 Å². The first kappa shape index (κ1) is 11.1. The van der Waals surface area contributed by atoms with E-state index in [0.717, 1.165) is 0 Å². The van der Waals surface area contributed by atoms with Crippen molar-refractivity contribution in [2.24, 2.45) is 0 Å². The summed E-state index contributed by atoms with van der Waals surface area (Å²) < 4.78 is 29.6. The van der Waals surface area contributed by atoms with Crippen LogP contribution in [0.25, 0.3) is 0 Å². The first-order valence-electron chi connectivity index (χ1n) is 3.72. The molecule has 1 heterocycles. The van der Waals surface area contributed by atoms with Crippen LogP contribution in [0.2, 0.25) is 5.15 Å². The second-order valence-electron chi connectivity index (χ2n) is 2.48. The molecule has 0 bridgehead atoms. The summed E-state index contributed by atoms with van der Waals surface area (Å²) in [5, 5.41) is 8.40. The topological polar surface area (TPSA) is 42.4 Å². The van der Waals surface area contributed by atoms with Crippen molar-refractivity contribution in [1.29, 1.82) is 0 Å². The standard InChI is InChI=1S/C8H8ClF2NO2/c1-14-5-2-4(3-13)12-7(9)6(5)8(10)11/h2,8,13H,3H2,1H3. The maximum absolute atomic E-state index is 12.4. The molecule has 0 saturated heterocycles. The van der Waals surface area contributed by atoms with E-state index in [9.17, 15) is 8.78 Å². The molecule has 0 aliphatic rings. The number of rotatable bonds is 3. The molecule has 0 aliphatic carbocycles. The van der Waals surface area contributed by atoms with E-state index in [1.165, 1.54) is 13.2 Å². The summed E-state index contributed by atoms with van der Waals surface area (Å²) in [7, 11) is 1.25. The van der Waals surface area contributed by atoms with Crippen molar-refractivity contribution in [3.05, 3.63) is 22.5 Å². The number of pyridine rings is 1. The second-order valence-corrected chi connectivity index (χ2v) is 2.84. The molecule has 78 valence electrons. The fourth-order valence-electron chi connectivity index (χ4n) is 0.997. The Labute approximate surface area is 84.3 Å². The van der Waals surface area contributed by atoms with Gasteiger partial charge in [0, 0.05) is 6.07 Å². The number of halogens is 3. The SMILES string of the molecule is COc1cc(CO)nc(Cl)c1C(F)F. The molecule has 0 saturated carbocycles. The number of aliphatic hydroxyl groups excluding tert-OH is 1. The molecule has 1 aromatic rings. The highest BCUT2D eigenvalue weighted by atomic mass is 35.5. The molecule has 1 rings (SSSR count). The number of nitrogens with zero attached hydrogens (tertiary/aromatic N) is 1. The maximum Gasteiger partial charge on any atom is 0.270 e. The Morgan fingerprint density at radius 2 is 2.29 bits per heavy atom. The molecule has 0 unspecified atom stereocenters. The van der Waals surface area contributed by atoms with Crippen molar-refractivity contribution >= 4 is 11.6 Å². The Morgan fingerprint density at radius 3 is 2.71 bits per heavy atom. The van der Waals surface area contributed by atoms with Crippen molar-refractivity contribution in [3.8, 4) is 5.75 Å². The molecule has 6 heteroatoms. The monoisotopic (exact) mass is 223 g/mol. The van der Waals surface area contributed by atoms with Gasteiger partial charge in [-0.3, -0.25) is 0 Å². The predicted octanol–water partition coefficient (Wildman–Crippen LogP) is 2.17. The van der Waals surface area contributed by atoms with Crippen LogP contribution in [0.3, 0.4) is 0 Å². The van der Waals surface area contributed by atoms with E-state index in [-0.39, 0.29) is 23.2 Å². The van der Waals surface area contributed by atoms with Gasteiger partial charge in [0.15, 0.2) is 0 Å². The number of hydrogen-bond donors (Lipinski definition) is 1. The van der Waals surface area contributed by atoms with Gasteiger partial charge in [0.2, 0.25) is 0 Å². The zero-order chi connectivity index (χ0) is 10.7. The van der Waals surface area contributed by atoms with Crippen LogP contribution in [-0.2, 0) is 6.61 Å². The Balaban J connectivity index is 3.27. The highest BCUT2D eigenvalue weighted by Gasteiger charge is 2.20. The van der Waals surface area contributed by atoms with E-state index in [0.29, 0.717) is 0 Å². The first-order valence-corrected chi connectivity index (χ1v) is 4.10. The summed E-state index contributed by atoms with van der Waals surface area (Å²) in [5.41, 5.74) is -0.261. The lowest BCUT2D eigenvalue weighted by Crippen LogP contribution is -1.99. The maximum atomic E-state index is 12.4. The highest BCUT2D eigenvalue weighted by molar-refractivity contribution is 6.30. The van der Waals surface area contributed by atoms with Crippen molar-refractivity contribution in [2.45, 2.75) is 13.0 Å². The lowest BCUT2D eigenvalue weighted by molar-refractivity contribution is 0.146. The third kappa shape index (κ3) is 2.10. The van der Waals surface area contributed by atoms with Crippen molar-refractivity contribution in [2.75, 3.05) is 7.11 Å². The summed E-state index contributed by atoms with van der Waals surface area (Å²) >= 11 is 5.50. The first-order chi connectivity index (χ1) is 6.60. The van der Waals surface area contributed by atoms with Gasteiger partial charge in [-0.15, -0.1) is 0 Å². The van der Waals surface area contributed by atoms with Gasteiger partial charge in [0.05, 0.1) is 25.0 Å². The number of aromatic nitrogens is 1. The summed E-state index contributed by atoms with van der Waals surface area (Å²) in [6.07, 6.45) is -2.75. The van der Waals surface area contributed by atoms with E-state index in [4.69, 9.17) is 21.4 Å². The van der Waals surface area contributed by atoms with E-state index in [1.54, 1.807) is 0 Å². The van der Waals surface area contributed by atoms with E-state index in [2.05, 4.69) is 4.98 Å². The third-order valence-electron chi connectivity index (χ3n) is 1.63. The van der Waals surface area contributed by atoms with Crippen LogP contribution in [0.4, 0.5) is 8.78 Å². The minimum absolute atomic E-state index is 0.0657. The molecule has 0 fully saturated rings. The fraction of sp³-hybridized carbons (Fsp3) is 0.375.